The molecule has 1 fully saturated rings. The topological polar surface area (TPSA) is 60.2 Å². The van der Waals surface area contributed by atoms with Crippen LogP contribution in [0, 0.1) is 5.92 Å². The molecule has 1 N–H and O–H groups in total. The second-order valence-electron chi connectivity index (χ2n) is 5.72. The summed E-state index contributed by atoms with van der Waals surface area (Å²) in [4.78, 5) is 4.65. The number of likely N-dealkylation sites (N-methyl/N-ethyl adjacent to an activating group) is 1. The fourth-order valence-electron chi connectivity index (χ4n) is 2.76. The lowest BCUT2D eigenvalue weighted by Gasteiger charge is -2.23. The number of hydrogen-bond donors (Lipinski definition) is 1. The van der Waals surface area contributed by atoms with E-state index in [1.165, 1.54) is 0 Å². The van der Waals surface area contributed by atoms with Crippen LogP contribution in [0.1, 0.15) is 57.2 Å². The minimum Gasteiger partial charge on any atom is -0.381 e. The molecule has 0 spiro atoms. The van der Waals surface area contributed by atoms with Crippen molar-refractivity contribution >= 4 is 0 Å². The highest BCUT2D eigenvalue weighted by Crippen LogP contribution is 2.30. The monoisotopic (exact) mass is 267 g/mol. The van der Waals surface area contributed by atoms with Gasteiger partial charge in [0.2, 0.25) is 5.89 Å². The molecule has 0 aliphatic carbocycles. The lowest BCUT2D eigenvalue weighted by Crippen LogP contribution is -2.32. The summed E-state index contributed by atoms with van der Waals surface area (Å²) in [5, 5.41) is 7.48. The Morgan fingerprint density at radius 2 is 1.89 bits per heavy atom. The van der Waals surface area contributed by atoms with E-state index in [2.05, 4.69) is 36.2 Å². The van der Waals surface area contributed by atoms with Crippen LogP contribution in [0.3, 0.4) is 0 Å². The largest absolute Gasteiger partial charge is 0.381 e. The van der Waals surface area contributed by atoms with E-state index in [9.17, 15) is 0 Å². The van der Waals surface area contributed by atoms with Crippen LogP contribution in [-0.4, -0.2) is 36.4 Å². The van der Waals surface area contributed by atoms with Crippen LogP contribution in [0.4, 0.5) is 0 Å². The maximum absolute atomic E-state index is 5.52. The highest BCUT2D eigenvalue weighted by atomic mass is 16.5. The third kappa shape index (κ3) is 3.34. The molecule has 1 aromatic rings. The molecule has 0 amide bonds. The van der Waals surface area contributed by atoms with Gasteiger partial charge in [0.05, 0.1) is 5.92 Å². The summed E-state index contributed by atoms with van der Waals surface area (Å²) in [5.41, 5.74) is 0. The molecular weight excluding hydrogens is 242 g/mol. The zero-order valence-electron chi connectivity index (χ0n) is 12.3. The Bertz CT molecular complexity index is 386. The van der Waals surface area contributed by atoms with E-state index < -0.39 is 0 Å². The van der Waals surface area contributed by atoms with Gasteiger partial charge >= 0.3 is 0 Å². The molecule has 19 heavy (non-hydrogen) atoms. The highest BCUT2D eigenvalue weighted by Gasteiger charge is 2.29. The molecule has 0 bridgehead atoms. The van der Waals surface area contributed by atoms with E-state index in [0.717, 1.165) is 37.8 Å². The van der Waals surface area contributed by atoms with Gasteiger partial charge in [-0.3, -0.25) is 0 Å². The molecule has 0 saturated carbocycles. The minimum atomic E-state index is 0.256. The SMILES string of the molecule is CNC(C)C(c1nc(C2CCOCC2)no1)C(C)C. The average Bonchev–Trinajstić information content (AvgIpc) is 2.88. The Labute approximate surface area is 115 Å². The van der Waals surface area contributed by atoms with Gasteiger partial charge < -0.3 is 14.6 Å². The number of nitrogens with zero attached hydrogens (tertiary/aromatic N) is 2. The van der Waals surface area contributed by atoms with E-state index in [1.807, 2.05) is 7.05 Å². The zero-order chi connectivity index (χ0) is 13.8. The van der Waals surface area contributed by atoms with Gasteiger partial charge in [0.25, 0.3) is 0 Å². The Hall–Kier alpha value is -0.940. The van der Waals surface area contributed by atoms with Crippen molar-refractivity contribution in [2.24, 2.45) is 5.92 Å². The normalized spacial score (nSPS) is 20.7. The zero-order valence-corrected chi connectivity index (χ0v) is 12.3. The quantitative estimate of drug-likeness (QED) is 0.887. The second kappa shape index (κ2) is 6.48. The van der Waals surface area contributed by atoms with Crippen LogP contribution in [0.25, 0.3) is 0 Å². The van der Waals surface area contributed by atoms with Gasteiger partial charge in [-0.2, -0.15) is 4.98 Å². The third-order valence-electron chi connectivity index (χ3n) is 4.04. The van der Waals surface area contributed by atoms with E-state index >= 15 is 0 Å². The molecule has 2 atom stereocenters. The van der Waals surface area contributed by atoms with E-state index in [-0.39, 0.29) is 5.92 Å². The first kappa shape index (κ1) is 14.5. The lowest BCUT2D eigenvalue weighted by molar-refractivity contribution is 0.0830. The first-order chi connectivity index (χ1) is 9.13. The summed E-state index contributed by atoms with van der Waals surface area (Å²) < 4.78 is 10.9. The molecule has 2 heterocycles. The molecule has 5 nitrogen and oxygen atoms in total. The molecule has 1 aromatic heterocycles. The maximum atomic E-state index is 5.52. The van der Waals surface area contributed by atoms with Gasteiger partial charge in [0, 0.05) is 25.2 Å². The van der Waals surface area contributed by atoms with Crippen LogP contribution in [0.15, 0.2) is 4.52 Å². The third-order valence-corrected chi connectivity index (χ3v) is 4.04. The Morgan fingerprint density at radius 3 is 2.47 bits per heavy atom. The fraction of sp³-hybridized carbons (Fsp3) is 0.857. The molecule has 5 heteroatoms. The number of ether oxygens (including phenoxy) is 1. The fourth-order valence-corrected chi connectivity index (χ4v) is 2.76. The van der Waals surface area contributed by atoms with Gasteiger partial charge in [-0.05, 0) is 32.7 Å². The molecule has 108 valence electrons. The molecular formula is C14H25N3O2. The number of aromatic nitrogens is 2. The number of rotatable bonds is 5. The van der Waals surface area contributed by atoms with Crippen molar-refractivity contribution < 1.29 is 9.26 Å². The average molecular weight is 267 g/mol. The van der Waals surface area contributed by atoms with E-state index in [1.54, 1.807) is 0 Å². The van der Waals surface area contributed by atoms with Crippen molar-refractivity contribution in [2.75, 3.05) is 20.3 Å². The van der Waals surface area contributed by atoms with Crippen molar-refractivity contribution in [3.8, 4) is 0 Å². The maximum Gasteiger partial charge on any atom is 0.231 e. The van der Waals surface area contributed by atoms with Crippen molar-refractivity contribution in [3.63, 3.8) is 0 Å². The molecule has 0 radical (unpaired) electrons. The predicted octanol–water partition coefficient (Wildman–Crippen LogP) is 2.31. The minimum absolute atomic E-state index is 0.256. The van der Waals surface area contributed by atoms with Gasteiger partial charge in [-0.15, -0.1) is 0 Å². The van der Waals surface area contributed by atoms with Crippen molar-refractivity contribution in [1.82, 2.24) is 15.5 Å². The first-order valence-corrected chi connectivity index (χ1v) is 7.22. The van der Waals surface area contributed by atoms with E-state index in [0.29, 0.717) is 17.9 Å². The summed E-state index contributed by atoms with van der Waals surface area (Å²) in [6.45, 7) is 8.14. The first-order valence-electron chi connectivity index (χ1n) is 7.22. The Morgan fingerprint density at radius 1 is 1.21 bits per heavy atom. The standard InChI is InChI=1S/C14H25N3O2/c1-9(2)12(10(3)15-4)14-16-13(17-19-14)11-5-7-18-8-6-11/h9-12,15H,5-8H2,1-4H3. The summed E-state index contributed by atoms with van der Waals surface area (Å²) in [7, 11) is 1.97. The molecule has 2 rings (SSSR count). The van der Waals surface area contributed by atoms with Crippen molar-refractivity contribution in [2.45, 2.75) is 51.5 Å². The number of nitrogens with one attached hydrogen (secondary N) is 1. The van der Waals surface area contributed by atoms with Gasteiger partial charge in [0.1, 0.15) is 0 Å². The lowest BCUT2D eigenvalue weighted by atomic mass is 9.89. The van der Waals surface area contributed by atoms with Gasteiger partial charge in [-0.25, -0.2) is 0 Å². The van der Waals surface area contributed by atoms with E-state index in [4.69, 9.17) is 9.26 Å². The molecule has 2 unspecified atom stereocenters. The predicted molar refractivity (Wildman–Crippen MR) is 73.2 cm³/mol. The van der Waals surface area contributed by atoms with Crippen LogP contribution in [-0.2, 0) is 4.74 Å². The highest BCUT2D eigenvalue weighted by molar-refractivity contribution is 5.03. The summed E-state index contributed by atoms with van der Waals surface area (Å²) >= 11 is 0. The molecule has 1 saturated heterocycles. The summed E-state index contributed by atoms with van der Waals surface area (Å²) in [6.07, 6.45) is 1.99. The number of hydrogen-bond acceptors (Lipinski definition) is 5. The molecule has 0 aromatic carbocycles. The van der Waals surface area contributed by atoms with Crippen molar-refractivity contribution in [1.29, 1.82) is 0 Å². The van der Waals surface area contributed by atoms with Gasteiger partial charge in [-0.1, -0.05) is 19.0 Å². The smallest absolute Gasteiger partial charge is 0.231 e. The van der Waals surface area contributed by atoms with Crippen molar-refractivity contribution in [3.05, 3.63) is 11.7 Å². The summed E-state index contributed by atoms with van der Waals surface area (Å²) in [6, 6.07) is 0.322. The van der Waals surface area contributed by atoms with Crippen LogP contribution < -0.4 is 5.32 Å². The second-order valence-corrected chi connectivity index (χ2v) is 5.72. The Kier molecular flexibility index (Phi) is 4.93. The summed E-state index contributed by atoms with van der Waals surface area (Å²) in [5.74, 6) is 2.73. The Balaban J connectivity index is 2.13. The molecule has 1 aliphatic rings. The van der Waals surface area contributed by atoms with Crippen LogP contribution in [0.2, 0.25) is 0 Å². The molecule has 1 aliphatic heterocycles. The van der Waals surface area contributed by atoms with Crippen LogP contribution in [0.5, 0.6) is 0 Å². The van der Waals surface area contributed by atoms with Gasteiger partial charge in [0.15, 0.2) is 5.82 Å². The van der Waals surface area contributed by atoms with Crippen LogP contribution >= 0.6 is 0 Å².